The van der Waals surface area contributed by atoms with Crippen LogP contribution in [0.4, 0.5) is 0 Å². The van der Waals surface area contributed by atoms with E-state index in [1.54, 1.807) is 6.92 Å². The molecule has 0 saturated carbocycles. The summed E-state index contributed by atoms with van der Waals surface area (Å²) in [4.78, 5) is 15.7. The van der Waals surface area contributed by atoms with E-state index in [-0.39, 0.29) is 11.9 Å². The molecule has 0 radical (unpaired) electrons. The second kappa shape index (κ2) is 6.21. The average molecular weight is 265 g/mol. The first-order valence-electron chi connectivity index (χ1n) is 6.87. The van der Waals surface area contributed by atoms with E-state index in [0.29, 0.717) is 6.54 Å². The van der Waals surface area contributed by atoms with E-state index in [2.05, 4.69) is 4.90 Å². The van der Waals surface area contributed by atoms with Crippen LogP contribution < -0.4 is 5.73 Å². The zero-order valence-corrected chi connectivity index (χ0v) is 11.8. The summed E-state index contributed by atoms with van der Waals surface area (Å²) in [6.45, 7) is 7.51. The van der Waals surface area contributed by atoms with Crippen LogP contribution in [0.2, 0.25) is 0 Å². The summed E-state index contributed by atoms with van der Waals surface area (Å²) in [5, 5.41) is 0. The molecule has 1 fully saturated rings. The summed E-state index contributed by atoms with van der Waals surface area (Å²) >= 11 is 0. The smallest absolute Gasteiger partial charge is 0.219 e. The molecular formula is C14H23N3O2. The molecule has 2 rings (SSSR count). The van der Waals surface area contributed by atoms with Crippen molar-refractivity contribution in [2.75, 3.05) is 32.7 Å². The van der Waals surface area contributed by atoms with Gasteiger partial charge in [0, 0.05) is 39.6 Å². The topological polar surface area (TPSA) is 62.7 Å². The molecule has 1 amide bonds. The van der Waals surface area contributed by atoms with Crippen molar-refractivity contribution in [1.82, 2.24) is 9.80 Å². The fourth-order valence-corrected chi connectivity index (χ4v) is 2.64. The average Bonchev–Trinajstić information content (AvgIpc) is 2.65. The predicted octanol–water partition coefficient (Wildman–Crippen LogP) is 1.14. The van der Waals surface area contributed by atoms with Gasteiger partial charge in [-0.1, -0.05) is 0 Å². The van der Waals surface area contributed by atoms with Crippen LogP contribution in [0.15, 0.2) is 16.5 Å². The number of furan rings is 1. The molecule has 1 aromatic rings. The number of nitrogens with two attached hydrogens (primary N) is 1. The Bertz CT molecular complexity index is 430. The van der Waals surface area contributed by atoms with Gasteiger partial charge in [-0.15, -0.1) is 0 Å². The van der Waals surface area contributed by atoms with Crippen molar-refractivity contribution in [2.24, 2.45) is 5.73 Å². The van der Waals surface area contributed by atoms with E-state index in [0.717, 1.165) is 44.1 Å². The van der Waals surface area contributed by atoms with Crippen molar-refractivity contribution in [3.8, 4) is 0 Å². The summed E-state index contributed by atoms with van der Waals surface area (Å²) in [6.07, 6.45) is 0.982. The van der Waals surface area contributed by atoms with Crippen molar-refractivity contribution in [1.29, 1.82) is 0 Å². The number of carbonyl (C=O) groups is 1. The standard InChI is InChI=1S/C14H23N3O2/c1-11-4-5-14(19-11)13(10-15)17-7-3-6-16(8-9-17)12(2)18/h4-5,13H,3,6-10,15H2,1-2H3. The van der Waals surface area contributed by atoms with Crippen LogP contribution in [0.1, 0.15) is 30.9 Å². The zero-order chi connectivity index (χ0) is 13.8. The molecule has 1 aliphatic rings. The quantitative estimate of drug-likeness (QED) is 0.890. The third-order valence-corrected chi connectivity index (χ3v) is 3.73. The van der Waals surface area contributed by atoms with Crippen molar-refractivity contribution < 1.29 is 9.21 Å². The lowest BCUT2D eigenvalue weighted by atomic mass is 10.2. The molecule has 0 aliphatic carbocycles. The summed E-state index contributed by atoms with van der Waals surface area (Å²) in [7, 11) is 0. The first-order chi connectivity index (χ1) is 9.11. The fraction of sp³-hybridized carbons (Fsp3) is 0.643. The van der Waals surface area contributed by atoms with E-state index in [4.69, 9.17) is 10.2 Å². The summed E-state index contributed by atoms with van der Waals surface area (Å²) in [6, 6.07) is 4.08. The van der Waals surface area contributed by atoms with Crippen molar-refractivity contribution in [3.63, 3.8) is 0 Å². The second-order valence-electron chi connectivity index (χ2n) is 5.10. The van der Waals surface area contributed by atoms with Gasteiger partial charge in [-0.05, 0) is 25.5 Å². The highest BCUT2D eigenvalue weighted by Gasteiger charge is 2.25. The Kier molecular flexibility index (Phi) is 4.61. The molecule has 2 heterocycles. The number of hydrogen-bond donors (Lipinski definition) is 1. The molecule has 19 heavy (non-hydrogen) atoms. The molecular weight excluding hydrogens is 242 g/mol. The number of hydrogen-bond acceptors (Lipinski definition) is 4. The number of nitrogens with zero attached hydrogens (tertiary/aromatic N) is 2. The Morgan fingerprint density at radius 3 is 2.74 bits per heavy atom. The molecule has 0 aromatic carbocycles. The lowest BCUT2D eigenvalue weighted by Crippen LogP contribution is -2.37. The lowest BCUT2D eigenvalue weighted by Gasteiger charge is -2.28. The first kappa shape index (κ1) is 14.1. The maximum Gasteiger partial charge on any atom is 0.219 e. The highest BCUT2D eigenvalue weighted by atomic mass is 16.3. The van der Waals surface area contributed by atoms with E-state index in [1.165, 1.54) is 0 Å². The second-order valence-corrected chi connectivity index (χ2v) is 5.10. The monoisotopic (exact) mass is 265 g/mol. The van der Waals surface area contributed by atoms with Crippen molar-refractivity contribution in [2.45, 2.75) is 26.3 Å². The van der Waals surface area contributed by atoms with Crippen LogP contribution in [0.3, 0.4) is 0 Å². The van der Waals surface area contributed by atoms with Gasteiger partial charge in [-0.2, -0.15) is 0 Å². The van der Waals surface area contributed by atoms with Crippen LogP contribution in [0, 0.1) is 6.92 Å². The van der Waals surface area contributed by atoms with Crippen molar-refractivity contribution in [3.05, 3.63) is 23.7 Å². The maximum absolute atomic E-state index is 11.4. The van der Waals surface area contributed by atoms with Crippen LogP contribution in [0.25, 0.3) is 0 Å². The molecule has 1 unspecified atom stereocenters. The minimum absolute atomic E-state index is 0.112. The third kappa shape index (κ3) is 3.36. The van der Waals surface area contributed by atoms with Gasteiger partial charge in [0.2, 0.25) is 5.91 Å². The maximum atomic E-state index is 11.4. The van der Waals surface area contributed by atoms with E-state index in [9.17, 15) is 4.79 Å². The molecule has 1 saturated heterocycles. The fourth-order valence-electron chi connectivity index (χ4n) is 2.64. The number of rotatable bonds is 3. The van der Waals surface area contributed by atoms with Crippen LogP contribution in [-0.2, 0) is 4.79 Å². The highest BCUT2D eigenvalue weighted by molar-refractivity contribution is 5.73. The van der Waals surface area contributed by atoms with E-state index < -0.39 is 0 Å². The molecule has 5 nitrogen and oxygen atoms in total. The van der Waals surface area contributed by atoms with Gasteiger partial charge >= 0.3 is 0 Å². The first-order valence-corrected chi connectivity index (χ1v) is 6.87. The Labute approximate surface area is 114 Å². The Balaban J connectivity index is 2.05. The Morgan fingerprint density at radius 2 is 2.16 bits per heavy atom. The minimum atomic E-state index is 0.112. The van der Waals surface area contributed by atoms with Gasteiger partial charge in [0.1, 0.15) is 11.5 Å². The summed E-state index contributed by atoms with van der Waals surface area (Å²) in [5.41, 5.74) is 5.91. The zero-order valence-electron chi connectivity index (χ0n) is 11.8. The predicted molar refractivity (Wildman–Crippen MR) is 73.7 cm³/mol. The summed E-state index contributed by atoms with van der Waals surface area (Å²) < 4.78 is 5.70. The van der Waals surface area contributed by atoms with Gasteiger partial charge in [0.15, 0.2) is 0 Å². The Morgan fingerprint density at radius 1 is 1.37 bits per heavy atom. The Hall–Kier alpha value is -1.33. The SMILES string of the molecule is CC(=O)N1CCCN(C(CN)c2ccc(C)o2)CC1. The molecule has 0 bridgehead atoms. The molecule has 1 aliphatic heterocycles. The van der Waals surface area contributed by atoms with Crippen LogP contribution in [-0.4, -0.2) is 48.4 Å². The van der Waals surface area contributed by atoms with Gasteiger partial charge < -0.3 is 15.1 Å². The lowest BCUT2D eigenvalue weighted by molar-refractivity contribution is -0.128. The molecule has 0 spiro atoms. The normalized spacial score (nSPS) is 19.2. The van der Waals surface area contributed by atoms with Crippen LogP contribution >= 0.6 is 0 Å². The van der Waals surface area contributed by atoms with Gasteiger partial charge in [0.25, 0.3) is 0 Å². The number of amides is 1. The summed E-state index contributed by atoms with van der Waals surface area (Å²) in [5.74, 6) is 1.99. The van der Waals surface area contributed by atoms with Crippen LogP contribution in [0.5, 0.6) is 0 Å². The molecule has 2 N–H and O–H groups in total. The molecule has 106 valence electrons. The molecule has 1 aromatic heterocycles. The molecule has 5 heteroatoms. The molecule has 1 atom stereocenters. The number of aryl methyl sites for hydroxylation is 1. The number of carbonyl (C=O) groups excluding carboxylic acids is 1. The van der Waals surface area contributed by atoms with Gasteiger partial charge in [0.05, 0.1) is 6.04 Å². The van der Waals surface area contributed by atoms with Crippen molar-refractivity contribution >= 4 is 5.91 Å². The minimum Gasteiger partial charge on any atom is -0.465 e. The van der Waals surface area contributed by atoms with Gasteiger partial charge in [-0.25, -0.2) is 0 Å². The van der Waals surface area contributed by atoms with E-state index >= 15 is 0 Å². The third-order valence-electron chi connectivity index (χ3n) is 3.73. The highest BCUT2D eigenvalue weighted by Crippen LogP contribution is 2.23. The van der Waals surface area contributed by atoms with Gasteiger partial charge in [-0.3, -0.25) is 9.69 Å². The van der Waals surface area contributed by atoms with E-state index in [1.807, 2.05) is 24.0 Å². The largest absolute Gasteiger partial charge is 0.465 e.